The lowest BCUT2D eigenvalue weighted by molar-refractivity contribution is -0.140. The number of pyridine rings is 1. The summed E-state index contributed by atoms with van der Waals surface area (Å²) in [6, 6.07) is 8.29. The molecule has 0 bridgehead atoms. The number of Topliss-reactive ketones (excluding diaryl/α,β-unsaturated/α-hetero) is 1. The summed E-state index contributed by atoms with van der Waals surface area (Å²) >= 11 is 0. The molecule has 10 nitrogen and oxygen atoms in total. The molecule has 3 rings (SSSR count). The Hall–Kier alpha value is -5.01. The van der Waals surface area contributed by atoms with E-state index >= 15 is 0 Å². The van der Waals surface area contributed by atoms with Gasteiger partial charge in [-0.1, -0.05) is 37.3 Å². The summed E-state index contributed by atoms with van der Waals surface area (Å²) in [6.45, 7) is 0.271. The van der Waals surface area contributed by atoms with Crippen LogP contribution < -0.4 is 20.9 Å². The highest BCUT2D eigenvalue weighted by molar-refractivity contribution is 5.94. The minimum atomic E-state index is -1.92. The summed E-state index contributed by atoms with van der Waals surface area (Å²) in [7, 11) is 0. The van der Waals surface area contributed by atoms with Crippen molar-refractivity contribution in [3.8, 4) is 5.75 Å². The molecule has 0 aliphatic carbocycles. The number of hydrogen-bond acceptors (Lipinski definition) is 6. The van der Waals surface area contributed by atoms with Gasteiger partial charge in [-0.15, -0.1) is 0 Å². The molecule has 0 fully saturated rings. The largest absolute Gasteiger partial charge is 0.481 e. The van der Waals surface area contributed by atoms with Crippen LogP contribution in [0.1, 0.15) is 31.4 Å². The predicted octanol–water partition coefficient (Wildman–Crippen LogP) is 3.14. The molecular formula is C28H25F4N3O7. The number of nitrogens with one attached hydrogen (secondary N) is 2. The first-order valence-corrected chi connectivity index (χ1v) is 12.5. The fourth-order valence-corrected chi connectivity index (χ4v) is 3.94. The molecule has 3 aromatic rings. The fraction of sp³-hybridized carbons (Fsp3) is 0.250. The summed E-state index contributed by atoms with van der Waals surface area (Å²) in [5.74, 6) is -13.2. The molecule has 0 aliphatic heterocycles. The number of nitrogens with zero attached hydrogens (tertiary/aromatic N) is 1. The average molecular weight is 592 g/mol. The highest BCUT2D eigenvalue weighted by atomic mass is 19.2. The Bertz CT molecular complexity index is 1520. The van der Waals surface area contributed by atoms with E-state index in [2.05, 4.69) is 15.4 Å². The van der Waals surface area contributed by atoms with Crippen molar-refractivity contribution in [2.75, 3.05) is 11.9 Å². The van der Waals surface area contributed by atoms with Crippen molar-refractivity contribution in [1.29, 1.82) is 0 Å². The zero-order valence-electron chi connectivity index (χ0n) is 22.0. The van der Waals surface area contributed by atoms with Gasteiger partial charge in [0.1, 0.15) is 24.4 Å². The van der Waals surface area contributed by atoms with Crippen molar-refractivity contribution in [1.82, 2.24) is 9.88 Å². The number of carboxylic acid groups (broad SMARTS) is 1. The van der Waals surface area contributed by atoms with E-state index in [1.807, 2.05) is 0 Å². The third-order valence-electron chi connectivity index (χ3n) is 6.00. The van der Waals surface area contributed by atoms with Crippen molar-refractivity contribution < 1.29 is 46.6 Å². The zero-order chi connectivity index (χ0) is 31.0. The Kier molecular flexibility index (Phi) is 10.5. The fourth-order valence-electron chi connectivity index (χ4n) is 3.94. The number of anilines is 1. The standard InChI is InChI=1S/C28H25F4N3O7/c1-2-20(35-10-6-9-18(28(35)41)33-22(37)11-15-7-4-3-5-8-15)27(40)34-19(13-23(38)39)21(36)14-42-26-24(31)16(29)12-17(30)25(26)32/h3-10,12,19-20H,2,11,13-14H2,1H3,(H,33,37)(H,34,40)(H,38,39)/t19-,20-/m0/s1. The molecule has 42 heavy (non-hydrogen) atoms. The molecular weight excluding hydrogens is 566 g/mol. The van der Waals surface area contributed by atoms with Crippen LogP contribution in [-0.4, -0.2) is 45.9 Å². The number of benzene rings is 2. The van der Waals surface area contributed by atoms with Gasteiger partial charge >= 0.3 is 5.97 Å². The quantitative estimate of drug-likeness (QED) is 0.205. The summed E-state index contributed by atoms with van der Waals surface area (Å²) in [5, 5.41) is 13.9. The number of aliphatic carboxylic acids is 1. The van der Waals surface area contributed by atoms with Gasteiger partial charge in [0.25, 0.3) is 5.56 Å². The minimum absolute atomic E-state index is 0.0172. The number of carbonyl (C=O) groups is 4. The molecule has 0 radical (unpaired) electrons. The maximum Gasteiger partial charge on any atom is 0.305 e. The van der Waals surface area contributed by atoms with Crippen LogP contribution in [-0.2, 0) is 25.6 Å². The van der Waals surface area contributed by atoms with E-state index < -0.39 is 83.3 Å². The summed E-state index contributed by atoms with van der Waals surface area (Å²) in [5.41, 5.74) is -0.199. The van der Waals surface area contributed by atoms with E-state index in [1.54, 1.807) is 30.3 Å². The molecule has 0 saturated carbocycles. The number of rotatable bonds is 13. The van der Waals surface area contributed by atoms with E-state index in [1.165, 1.54) is 25.3 Å². The second-order valence-corrected chi connectivity index (χ2v) is 8.98. The number of ether oxygens (including phenoxy) is 1. The molecule has 2 atom stereocenters. The molecule has 2 aromatic carbocycles. The van der Waals surface area contributed by atoms with Crippen molar-refractivity contribution in [2.24, 2.45) is 0 Å². The van der Waals surface area contributed by atoms with Gasteiger partial charge in [0, 0.05) is 12.3 Å². The van der Waals surface area contributed by atoms with Gasteiger partial charge in [-0.2, -0.15) is 8.78 Å². The van der Waals surface area contributed by atoms with E-state index in [0.29, 0.717) is 5.56 Å². The van der Waals surface area contributed by atoms with Crippen LogP contribution in [0.3, 0.4) is 0 Å². The van der Waals surface area contributed by atoms with Crippen LogP contribution in [0.5, 0.6) is 5.75 Å². The summed E-state index contributed by atoms with van der Waals surface area (Å²) in [6.07, 6.45) is 0.224. The van der Waals surface area contributed by atoms with Gasteiger partial charge in [-0.05, 0) is 24.1 Å². The van der Waals surface area contributed by atoms with Crippen LogP contribution >= 0.6 is 0 Å². The number of hydrogen-bond donors (Lipinski definition) is 3. The number of aromatic nitrogens is 1. The minimum Gasteiger partial charge on any atom is -0.481 e. The van der Waals surface area contributed by atoms with Crippen LogP contribution in [0.25, 0.3) is 0 Å². The zero-order valence-corrected chi connectivity index (χ0v) is 22.0. The van der Waals surface area contributed by atoms with E-state index in [0.717, 1.165) is 4.57 Å². The third-order valence-corrected chi connectivity index (χ3v) is 6.00. The second kappa shape index (κ2) is 14.1. The Labute approximate surface area is 235 Å². The van der Waals surface area contributed by atoms with Crippen molar-refractivity contribution in [3.05, 3.63) is 93.9 Å². The van der Waals surface area contributed by atoms with Gasteiger partial charge in [0.05, 0.1) is 12.8 Å². The van der Waals surface area contributed by atoms with Gasteiger partial charge in [-0.25, -0.2) is 8.78 Å². The maximum absolute atomic E-state index is 13.9. The summed E-state index contributed by atoms with van der Waals surface area (Å²) in [4.78, 5) is 62.7. The Morgan fingerprint density at radius 1 is 0.976 bits per heavy atom. The van der Waals surface area contributed by atoms with E-state index in [4.69, 9.17) is 0 Å². The first-order valence-electron chi connectivity index (χ1n) is 12.5. The number of carbonyl (C=O) groups excluding carboxylic acids is 3. The summed E-state index contributed by atoms with van der Waals surface area (Å²) < 4.78 is 60.2. The highest BCUT2D eigenvalue weighted by Crippen LogP contribution is 2.26. The molecule has 1 heterocycles. The van der Waals surface area contributed by atoms with Gasteiger partial charge in [-0.3, -0.25) is 24.0 Å². The van der Waals surface area contributed by atoms with Crippen LogP contribution in [0, 0.1) is 23.3 Å². The van der Waals surface area contributed by atoms with Crippen molar-refractivity contribution in [2.45, 2.75) is 38.3 Å². The van der Waals surface area contributed by atoms with Gasteiger partial charge in [0.2, 0.25) is 23.4 Å². The topological polar surface area (TPSA) is 144 Å². The smallest absolute Gasteiger partial charge is 0.305 e. The first-order chi connectivity index (χ1) is 19.9. The number of amides is 2. The molecule has 0 saturated heterocycles. The highest BCUT2D eigenvalue weighted by Gasteiger charge is 2.30. The monoisotopic (exact) mass is 591 g/mol. The number of halogens is 4. The van der Waals surface area contributed by atoms with Crippen molar-refractivity contribution >= 4 is 29.3 Å². The van der Waals surface area contributed by atoms with Gasteiger partial charge < -0.3 is 25.0 Å². The predicted molar refractivity (Wildman–Crippen MR) is 140 cm³/mol. The first kappa shape index (κ1) is 31.5. The third kappa shape index (κ3) is 7.80. The molecule has 2 amide bonds. The Morgan fingerprint density at radius 3 is 2.21 bits per heavy atom. The molecule has 3 N–H and O–H groups in total. The van der Waals surface area contributed by atoms with Crippen LogP contribution in [0.15, 0.2) is 59.5 Å². The molecule has 0 spiro atoms. The second-order valence-electron chi connectivity index (χ2n) is 8.98. The lowest BCUT2D eigenvalue weighted by Crippen LogP contribution is -2.48. The molecule has 1 aromatic heterocycles. The maximum atomic E-state index is 13.9. The average Bonchev–Trinajstić information content (AvgIpc) is 2.94. The Morgan fingerprint density at radius 2 is 1.62 bits per heavy atom. The number of ketones is 1. The van der Waals surface area contributed by atoms with E-state index in [-0.39, 0.29) is 24.6 Å². The molecule has 222 valence electrons. The van der Waals surface area contributed by atoms with Gasteiger partial charge in [0.15, 0.2) is 23.2 Å². The van der Waals surface area contributed by atoms with Crippen molar-refractivity contribution in [3.63, 3.8) is 0 Å². The normalized spacial score (nSPS) is 12.2. The SMILES string of the molecule is CC[C@@H](C(=O)N[C@@H](CC(=O)O)C(=O)COc1c(F)c(F)cc(F)c1F)n1cccc(NC(=O)Cc2ccccc2)c1=O. The van der Waals surface area contributed by atoms with Crippen LogP contribution in [0.4, 0.5) is 23.2 Å². The van der Waals surface area contributed by atoms with Crippen LogP contribution in [0.2, 0.25) is 0 Å². The Balaban J connectivity index is 1.76. The molecule has 0 unspecified atom stereocenters. The lowest BCUT2D eigenvalue weighted by Gasteiger charge is -2.22. The molecule has 0 aliphatic rings. The number of carboxylic acids is 1. The molecule has 14 heteroatoms. The van der Waals surface area contributed by atoms with E-state index in [9.17, 15) is 46.6 Å². The lowest BCUT2D eigenvalue weighted by atomic mass is 10.1.